The molecule has 204 valence electrons. The summed E-state index contributed by atoms with van der Waals surface area (Å²) in [5.41, 5.74) is 7.43. The van der Waals surface area contributed by atoms with E-state index in [0.717, 1.165) is 68.0 Å². The van der Waals surface area contributed by atoms with Crippen molar-refractivity contribution in [3.05, 3.63) is 102 Å². The number of ether oxygens (including phenoxy) is 3. The number of halogens is 1. The molecule has 0 unspecified atom stereocenters. The molecule has 0 bridgehead atoms. The molecule has 0 fully saturated rings. The molecule has 0 N–H and O–H groups in total. The standard InChI is InChI=1S/C24H21N3O2S.C8H9ClO/c1-3-29-18-9-11-23-19(13-18)20(16-8-10-21-22(12-16)26-30-25-21)15-27(23)14-17-6-4-5-7-24(17)28-2;1-10-8-5-3-2-4-7(8)6-9/h4-13,15H,3,14H2,1-2H3;2-5H,6H2,1H3. The summed E-state index contributed by atoms with van der Waals surface area (Å²) in [7, 11) is 3.36. The van der Waals surface area contributed by atoms with Gasteiger partial charge in [-0.25, -0.2) is 0 Å². The van der Waals surface area contributed by atoms with Crippen LogP contribution in [0.15, 0.2) is 91.1 Å². The van der Waals surface area contributed by atoms with Crippen molar-refractivity contribution in [3.8, 4) is 28.4 Å². The monoisotopic (exact) mass is 571 g/mol. The fourth-order valence-corrected chi connectivity index (χ4v) is 5.41. The Bertz CT molecular complexity index is 1710. The van der Waals surface area contributed by atoms with Gasteiger partial charge in [-0.05, 0) is 55.0 Å². The first-order valence-corrected chi connectivity index (χ1v) is 14.2. The fourth-order valence-electron chi connectivity index (χ4n) is 4.67. The summed E-state index contributed by atoms with van der Waals surface area (Å²) in [5.74, 6) is 3.13. The van der Waals surface area contributed by atoms with Crippen molar-refractivity contribution in [2.75, 3.05) is 20.8 Å². The molecule has 6 nitrogen and oxygen atoms in total. The number of fused-ring (bicyclic) bond motifs is 2. The van der Waals surface area contributed by atoms with Crippen LogP contribution in [0.1, 0.15) is 18.1 Å². The lowest BCUT2D eigenvalue weighted by molar-refractivity contribution is 0.340. The van der Waals surface area contributed by atoms with Crippen LogP contribution in [0, 0.1) is 0 Å². The topological polar surface area (TPSA) is 58.4 Å². The summed E-state index contributed by atoms with van der Waals surface area (Å²) in [6.07, 6.45) is 2.20. The third-order valence-corrected chi connectivity index (χ3v) is 7.44. The molecule has 2 heterocycles. The predicted molar refractivity (Wildman–Crippen MR) is 164 cm³/mol. The Morgan fingerprint density at radius 1 is 0.800 bits per heavy atom. The maximum Gasteiger partial charge on any atom is 0.123 e. The molecule has 0 radical (unpaired) electrons. The van der Waals surface area contributed by atoms with Crippen molar-refractivity contribution in [3.63, 3.8) is 0 Å². The van der Waals surface area contributed by atoms with E-state index in [2.05, 4.69) is 49.8 Å². The van der Waals surface area contributed by atoms with Crippen molar-refractivity contribution in [1.82, 2.24) is 13.3 Å². The van der Waals surface area contributed by atoms with Crippen LogP contribution >= 0.6 is 23.3 Å². The molecule has 0 saturated heterocycles. The lowest BCUT2D eigenvalue weighted by Crippen LogP contribution is -2.00. The molecular weight excluding hydrogens is 542 g/mol. The van der Waals surface area contributed by atoms with Crippen LogP contribution in [-0.2, 0) is 12.4 Å². The van der Waals surface area contributed by atoms with E-state index in [9.17, 15) is 0 Å². The molecule has 0 aliphatic carbocycles. The Morgan fingerprint density at radius 2 is 1.50 bits per heavy atom. The molecular formula is C32H30ClN3O3S. The highest BCUT2D eigenvalue weighted by atomic mass is 35.5. The van der Waals surface area contributed by atoms with Crippen LogP contribution in [0.5, 0.6) is 17.2 Å². The maximum atomic E-state index is 5.78. The van der Waals surface area contributed by atoms with E-state index in [1.807, 2.05) is 61.5 Å². The van der Waals surface area contributed by atoms with Crippen LogP contribution in [0.25, 0.3) is 33.1 Å². The third-order valence-electron chi connectivity index (χ3n) is 6.60. The van der Waals surface area contributed by atoms with Crippen molar-refractivity contribution >= 4 is 45.3 Å². The van der Waals surface area contributed by atoms with Gasteiger partial charge in [-0.3, -0.25) is 0 Å². The normalized spacial score (nSPS) is 10.8. The van der Waals surface area contributed by atoms with Crippen LogP contribution in [-0.4, -0.2) is 34.1 Å². The highest BCUT2D eigenvalue weighted by Gasteiger charge is 2.14. The smallest absolute Gasteiger partial charge is 0.123 e. The van der Waals surface area contributed by atoms with Gasteiger partial charge in [-0.2, -0.15) is 8.75 Å². The van der Waals surface area contributed by atoms with Crippen molar-refractivity contribution in [2.45, 2.75) is 19.3 Å². The summed E-state index contributed by atoms with van der Waals surface area (Å²) >= 11 is 6.87. The average molecular weight is 572 g/mol. The highest BCUT2D eigenvalue weighted by molar-refractivity contribution is 7.00. The van der Waals surface area contributed by atoms with E-state index in [4.69, 9.17) is 25.8 Å². The van der Waals surface area contributed by atoms with Crippen LogP contribution < -0.4 is 14.2 Å². The third kappa shape index (κ3) is 5.91. The second-order valence-electron chi connectivity index (χ2n) is 9.01. The molecule has 8 heteroatoms. The predicted octanol–water partition coefficient (Wildman–Crippen LogP) is 8.20. The quantitative estimate of drug-likeness (QED) is 0.172. The van der Waals surface area contributed by atoms with Gasteiger partial charge in [-0.1, -0.05) is 42.5 Å². The van der Waals surface area contributed by atoms with E-state index in [1.165, 1.54) is 11.7 Å². The van der Waals surface area contributed by atoms with Gasteiger partial charge in [0.1, 0.15) is 28.3 Å². The molecule has 6 aromatic rings. The van der Waals surface area contributed by atoms with Crippen LogP contribution in [0.2, 0.25) is 0 Å². The SMILES string of the molecule is CCOc1ccc2c(c1)c(-c1ccc3nsnc3c1)cn2Cc1ccccc1OC.COc1ccccc1CCl. The number of aromatic nitrogens is 3. The molecule has 0 saturated carbocycles. The van der Waals surface area contributed by atoms with Crippen molar-refractivity contribution in [2.24, 2.45) is 0 Å². The lowest BCUT2D eigenvalue weighted by atomic mass is 10.0. The number of benzene rings is 4. The lowest BCUT2D eigenvalue weighted by Gasteiger charge is -2.10. The van der Waals surface area contributed by atoms with Gasteiger partial charge in [0.25, 0.3) is 0 Å². The summed E-state index contributed by atoms with van der Waals surface area (Å²) in [5, 5.41) is 1.15. The molecule has 6 rings (SSSR count). The minimum Gasteiger partial charge on any atom is -0.496 e. The maximum absolute atomic E-state index is 5.78. The molecule has 0 spiro atoms. The van der Waals surface area contributed by atoms with E-state index >= 15 is 0 Å². The van der Waals surface area contributed by atoms with Crippen LogP contribution in [0.3, 0.4) is 0 Å². The molecule has 0 aliphatic heterocycles. The highest BCUT2D eigenvalue weighted by Crippen LogP contribution is 2.35. The Hall–Kier alpha value is -4.07. The number of rotatable bonds is 8. The largest absolute Gasteiger partial charge is 0.496 e. The Balaban J connectivity index is 0.000000274. The number of methoxy groups -OCH3 is 2. The number of alkyl halides is 1. The Labute approximate surface area is 243 Å². The van der Waals surface area contributed by atoms with Gasteiger partial charge in [0.05, 0.1) is 45.0 Å². The molecule has 0 atom stereocenters. The average Bonchev–Trinajstić information content (AvgIpc) is 3.62. The van der Waals surface area contributed by atoms with Crippen LogP contribution in [0.4, 0.5) is 0 Å². The first-order chi connectivity index (χ1) is 19.6. The molecule has 40 heavy (non-hydrogen) atoms. The molecule has 4 aromatic carbocycles. The van der Waals surface area contributed by atoms with Gasteiger partial charge < -0.3 is 18.8 Å². The number of nitrogens with zero attached hydrogens (tertiary/aromatic N) is 3. The van der Waals surface area contributed by atoms with Gasteiger partial charge in [-0.15, -0.1) is 11.6 Å². The van der Waals surface area contributed by atoms with E-state index in [1.54, 1.807) is 14.2 Å². The zero-order valence-electron chi connectivity index (χ0n) is 22.6. The zero-order valence-corrected chi connectivity index (χ0v) is 24.2. The second-order valence-corrected chi connectivity index (χ2v) is 9.80. The molecule has 0 amide bonds. The van der Waals surface area contributed by atoms with Gasteiger partial charge in [0.15, 0.2) is 0 Å². The summed E-state index contributed by atoms with van der Waals surface area (Å²) in [6, 6.07) is 28.4. The summed E-state index contributed by atoms with van der Waals surface area (Å²) in [4.78, 5) is 0. The minimum atomic E-state index is 0.504. The number of para-hydroxylation sites is 2. The number of hydrogen-bond donors (Lipinski definition) is 0. The fraction of sp³-hybridized carbons (Fsp3) is 0.188. The van der Waals surface area contributed by atoms with Gasteiger partial charge in [0, 0.05) is 33.8 Å². The minimum absolute atomic E-state index is 0.504. The number of hydrogen-bond acceptors (Lipinski definition) is 6. The van der Waals surface area contributed by atoms with E-state index in [0.29, 0.717) is 12.5 Å². The second kappa shape index (κ2) is 12.9. The summed E-state index contributed by atoms with van der Waals surface area (Å²) < 4.78 is 27.4. The van der Waals surface area contributed by atoms with Crippen molar-refractivity contribution < 1.29 is 14.2 Å². The van der Waals surface area contributed by atoms with E-state index in [-0.39, 0.29) is 0 Å². The van der Waals surface area contributed by atoms with Gasteiger partial charge in [0.2, 0.25) is 0 Å². The molecule has 0 aliphatic rings. The Morgan fingerprint density at radius 3 is 2.20 bits per heavy atom. The first kappa shape index (κ1) is 27.5. The first-order valence-electron chi connectivity index (χ1n) is 12.9. The Kier molecular flexibility index (Phi) is 8.84. The van der Waals surface area contributed by atoms with E-state index < -0.39 is 0 Å². The van der Waals surface area contributed by atoms with Crippen molar-refractivity contribution in [1.29, 1.82) is 0 Å². The zero-order chi connectivity index (χ0) is 27.9. The van der Waals surface area contributed by atoms with Gasteiger partial charge >= 0.3 is 0 Å². The molecule has 2 aromatic heterocycles. The summed E-state index contributed by atoms with van der Waals surface area (Å²) in [6.45, 7) is 3.36.